The van der Waals surface area contributed by atoms with Gasteiger partial charge in [0.15, 0.2) is 5.78 Å². The van der Waals surface area contributed by atoms with Crippen LogP contribution >= 0.6 is 0 Å². The van der Waals surface area contributed by atoms with Crippen molar-refractivity contribution < 1.29 is 28.7 Å². The van der Waals surface area contributed by atoms with E-state index in [1.165, 1.54) is 13.8 Å². The van der Waals surface area contributed by atoms with Gasteiger partial charge in [-0.05, 0) is 67.1 Å². The summed E-state index contributed by atoms with van der Waals surface area (Å²) in [7, 11) is 0. The van der Waals surface area contributed by atoms with Crippen molar-refractivity contribution in [2.45, 2.75) is 85.2 Å². The van der Waals surface area contributed by atoms with Crippen LogP contribution in [-0.2, 0) is 28.7 Å². The van der Waals surface area contributed by atoms with Crippen molar-refractivity contribution in [3.63, 3.8) is 0 Å². The molecule has 0 aliphatic heterocycles. The van der Waals surface area contributed by atoms with Crippen LogP contribution in [0.5, 0.6) is 0 Å². The number of hydrogen-bond donors (Lipinski definition) is 0. The lowest BCUT2D eigenvalue weighted by molar-refractivity contribution is -0.194. The fourth-order valence-corrected chi connectivity index (χ4v) is 8.26. The van der Waals surface area contributed by atoms with E-state index in [2.05, 4.69) is 13.8 Å². The number of ketones is 2. The van der Waals surface area contributed by atoms with Gasteiger partial charge in [0.05, 0.1) is 0 Å². The van der Waals surface area contributed by atoms with Crippen LogP contribution in [0.4, 0.5) is 0 Å². The van der Waals surface area contributed by atoms with E-state index in [0.29, 0.717) is 42.8 Å². The lowest BCUT2D eigenvalue weighted by atomic mass is 9.44. The maximum absolute atomic E-state index is 13.0. The topological polar surface area (TPSA) is 86.7 Å². The first-order valence-electron chi connectivity index (χ1n) is 11.9. The molecular weight excluding hydrogens is 396 g/mol. The van der Waals surface area contributed by atoms with Gasteiger partial charge in [0.1, 0.15) is 18.5 Å². The molecule has 0 bridgehead atoms. The number of Topliss-reactive ketones (excluding diaryl/α,β-unsaturated/α-hetero) is 2. The lowest BCUT2D eigenvalue weighted by Crippen LogP contribution is -2.60. The largest absolute Gasteiger partial charge is 0.462 e. The first kappa shape index (κ1) is 22.5. The van der Waals surface area contributed by atoms with Gasteiger partial charge in [-0.25, -0.2) is 0 Å². The van der Waals surface area contributed by atoms with Crippen molar-refractivity contribution in [2.75, 3.05) is 6.61 Å². The maximum atomic E-state index is 13.0. The Hall–Kier alpha value is -1.72. The second-order valence-electron chi connectivity index (χ2n) is 11.1. The molecule has 4 aliphatic carbocycles. The van der Waals surface area contributed by atoms with E-state index in [0.717, 1.165) is 32.1 Å². The van der Waals surface area contributed by atoms with Crippen molar-refractivity contribution in [3.8, 4) is 0 Å². The highest BCUT2D eigenvalue weighted by atomic mass is 16.5. The van der Waals surface area contributed by atoms with Crippen LogP contribution in [0, 0.1) is 40.4 Å². The Bertz CT molecular complexity index is 789. The molecule has 0 spiro atoms. The molecule has 4 saturated carbocycles. The molecule has 0 aromatic rings. The summed E-state index contributed by atoms with van der Waals surface area (Å²) in [6.45, 7) is 7.12. The lowest BCUT2D eigenvalue weighted by Gasteiger charge is -2.62. The fraction of sp³-hybridized carbons (Fsp3) is 0.840. The second-order valence-corrected chi connectivity index (χ2v) is 11.1. The number of carbonyl (C=O) groups is 4. The van der Waals surface area contributed by atoms with Crippen LogP contribution in [-0.4, -0.2) is 36.2 Å². The smallest absolute Gasteiger partial charge is 0.303 e. The van der Waals surface area contributed by atoms with Gasteiger partial charge in [-0.1, -0.05) is 13.8 Å². The molecule has 8 atom stereocenters. The maximum Gasteiger partial charge on any atom is 0.303 e. The summed E-state index contributed by atoms with van der Waals surface area (Å²) >= 11 is 0. The van der Waals surface area contributed by atoms with E-state index in [-0.39, 0.29) is 47.1 Å². The minimum absolute atomic E-state index is 0.00188. The summed E-state index contributed by atoms with van der Waals surface area (Å²) < 4.78 is 11.0. The van der Waals surface area contributed by atoms with Crippen LogP contribution in [0.1, 0.15) is 79.1 Å². The average Bonchev–Trinajstić information content (AvgIpc) is 3.02. The highest BCUT2D eigenvalue weighted by Gasteiger charge is 2.64. The number of hydrogen-bond acceptors (Lipinski definition) is 6. The van der Waals surface area contributed by atoms with Crippen molar-refractivity contribution in [3.05, 3.63) is 0 Å². The Labute approximate surface area is 184 Å². The third kappa shape index (κ3) is 3.74. The molecule has 31 heavy (non-hydrogen) atoms. The normalized spacial score (nSPS) is 43.9. The SMILES string of the molecule is CC(=O)OCC(=O)[C@H]1CC[C@H]2[C@@H]3CC[C@H]4CC(=O)CC[C@]4(C)[C@H]3[C@H](OC(C)=O)C[C@]12C. The third-order valence-electron chi connectivity index (χ3n) is 9.51. The van der Waals surface area contributed by atoms with Crippen LogP contribution in [0.25, 0.3) is 0 Å². The van der Waals surface area contributed by atoms with E-state index in [9.17, 15) is 19.2 Å². The number of rotatable bonds is 4. The zero-order chi connectivity index (χ0) is 22.6. The van der Waals surface area contributed by atoms with E-state index in [4.69, 9.17) is 9.47 Å². The zero-order valence-corrected chi connectivity index (χ0v) is 19.3. The molecule has 4 fully saturated rings. The van der Waals surface area contributed by atoms with Crippen LogP contribution in [0.3, 0.4) is 0 Å². The van der Waals surface area contributed by atoms with Gasteiger partial charge < -0.3 is 9.47 Å². The summed E-state index contributed by atoms with van der Waals surface area (Å²) in [4.78, 5) is 48.5. The predicted octanol–water partition coefficient (Wildman–Crippen LogP) is 3.89. The number of carbonyl (C=O) groups excluding carboxylic acids is 4. The quantitative estimate of drug-likeness (QED) is 0.627. The molecule has 4 aliphatic rings. The van der Waals surface area contributed by atoms with Gasteiger partial charge in [0, 0.05) is 38.5 Å². The van der Waals surface area contributed by atoms with Crippen molar-refractivity contribution in [1.82, 2.24) is 0 Å². The van der Waals surface area contributed by atoms with E-state index in [1.54, 1.807) is 0 Å². The van der Waals surface area contributed by atoms with Crippen LogP contribution in [0.2, 0.25) is 0 Å². The zero-order valence-electron chi connectivity index (χ0n) is 19.3. The summed E-state index contributed by atoms with van der Waals surface area (Å²) in [6, 6.07) is 0. The molecule has 0 aromatic heterocycles. The first-order chi connectivity index (χ1) is 14.6. The van der Waals surface area contributed by atoms with Crippen molar-refractivity contribution >= 4 is 23.5 Å². The number of esters is 2. The summed E-state index contributed by atoms with van der Waals surface area (Å²) in [5.74, 6) is 0.857. The van der Waals surface area contributed by atoms with Crippen LogP contribution in [0.15, 0.2) is 0 Å². The van der Waals surface area contributed by atoms with Crippen molar-refractivity contribution in [1.29, 1.82) is 0 Å². The monoisotopic (exact) mass is 432 g/mol. The number of fused-ring (bicyclic) bond motifs is 5. The van der Waals surface area contributed by atoms with Gasteiger partial charge in [0.2, 0.25) is 0 Å². The highest BCUT2D eigenvalue weighted by molar-refractivity contribution is 5.85. The standard InChI is InChI=1S/C25H36O6/c1-14(26)30-13-21(29)20-8-7-19-18-6-5-16-11-17(28)9-10-24(16,3)23(18)22(31-15(2)27)12-25(19,20)4/h16,18-20,22-23H,5-13H2,1-4H3/t16-,18-,19-,20+,22+,23+,24-,25-/m0/s1. The second kappa shape index (κ2) is 8.00. The average molecular weight is 433 g/mol. The Morgan fingerprint density at radius 3 is 2.42 bits per heavy atom. The Morgan fingerprint density at radius 1 is 1.00 bits per heavy atom. The minimum Gasteiger partial charge on any atom is -0.462 e. The first-order valence-corrected chi connectivity index (χ1v) is 11.9. The summed E-state index contributed by atoms with van der Waals surface area (Å²) in [6.07, 6.45) is 6.43. The minimum atomic E-state index is -0.437. The summed E-state index contributed by atoms with van der Waals surface area (Å²) in [5, 5.41) is 0. The Kier molecular flexibility index (Phi) is 5.80. The van der Waals surface area contributed by atoms with Gasteiger partial charge >= 0.3 is 11.9 Å². The molecule has 0 N–H and O–H groups in total. The summed E-state index contributed by atoms with van der Waals surface area (Å²) in [5.41, 5.74) is -0.260. The molecule has 4 rings (SSSR count). The molecule has 6 nitrogen and oxygen atoms in total. The van der Waals surface area contributed by atoms with Gasteiger partial charge in [-0.2, -0.15) is 0 Å². The third-order valence-corrected chi connectivity index (χ3v) is 9.51. The molecule has 0 unspecified atom stereocenters. The highest BCUT2D eigenvalue weighted by Crippen LogP contribution is 2.67. The molecule has 0 amide bonds. The molecule has 0 saturated heterocycles. The Balaban J connectivity index is 1.65. The van der Waals surface area contributed by atoms with Crippen LogP contribution < -0.4 is 0 Å². The Morgan fingerprint density at radius 2 is 1.74 bits per heavy atom. The van der Waals surface area contributed by atoms with E-state index >= 15 is 0 Å². The molecule has 172 valence electrons. The molecule has 0 heterocycles. The molecule has 0 radical (unpaired) electrons. The van der Waals surface area contributed by atoms with E-state index in [1.807, 2.05) is 0 Å². The number of ether oxygens (including phenoxy) is 2. The van der Waals surface area contributed by atoms with Gasteiger partial charge in [-0.15, -0.1) is 0 Å². The van der Waals surface area contributed by atoms with Crippen molar-refractivity contribution in [2.24, 2.45) is 40.4 Å². The molecular formula is C25H36O6. The molecule has 0 aromatic carbocycles. The molecule has 6 heteroatoms. The van der Waals surface area contributed by atoms with Gasteiger partial charge in [-0.3, -0.25) is 19.2 Å². The predicted molar refractivity (Wildman–Crippen MR) is 113 cm³/mol. The fourth-order valence-electron chi connectivity index (χ4n) is 8.26. The van der Waals surface area contributed by atoms with E-state index < -0.39 is 5.97 Å². The van der Waals surface area contributed by atoms with Gasteiger partial charge in [0.25, 0.3) is 0 Å².